The molecule has 0 fully saturated rings. The van der Waals surface area contributed by atoms with Crippen LogP contribution in [0.4, 0.5) is 10.3 Å². The molecule has 0 saturated heterocycles. The van der Waals surface area contributed by atoms with E-state index in [4.69, 9.17) is 5.84 Å². The molecule has 2 aromatic heterocycles. The number of halogens is 1. The van der Waals surface area contributed by atoms with Crippen molar-refractivity contribution in [2.75, 3.05) is 5.43 Å². The van der Waals surface area contributed by atoms with Gasteiger partial charge in [-0.2, -0.15) is 0 Å². The third kappa shape index (κ3) is 2.41. The molecular formula is C8H7FN6S. The Balaban J connectivity index is 2.27. The molecule has 0 spiro atoms. The number of anilines is 1. The molecule has 2 heterocycles. The SMILES string of the molecule is NNc1ncc(F)c(Sc2cnccn2)n1. The maximum absolute atomic E-state index is 13.3. The van der Waals surface area contributed by atoms with Crippen molar-refractivity contribution < 1.29 is 4.39 Å². The molecule has 0 aliphatic rings. The van der Waals surface area contributed by atoms with Crippen LogP contribution in [0.3, 0.4) is 0 Å². The second-order valence-electron chi connectivity index (χ2n) is 2.64. The summed E-state index contributed by atoms with van der Waals surface area (Å²) in [6.07, 6.45) is 5.61. The van der Waals surface area contributed by atoms with E-state index in [0.717, 1.165) is 18.0 Å². The van der Waals surface area contributed by atoms with Gasteiger partial charge in [-0.3, -0.25) is 10.4 Å². The molecule has 2 rings (SSSR count). The Hall–Kier alpha value is -1.80. The van der Waals surface area contributed by atoms with Crippen LogP contribution >= 0.6 is 11.8 Å². The molecule has 6 nitrogen and oxygen atoms in total. The molecule has 0 atom stereocenters. The van der Waals surface area contributed by atoms with Crippen LogP contribution in [0.25, 0.3) is 0 Å². The number of nitrogens with one attached hydrogen (secondary N) is 1. The monoisotopic (exact) mass is 238 g/mol. The lowest BCUT2D eigenvalue weighted by atomic mass is 10.6. The lowest BCUT2D eigenvalue weighted by Crippen LogP contribution is -2.11. The van der Waals surface area contributed by atoms with Gasteiger partial charge in [-0.15, -0.1) is 0 Å². The average Bonchev–Trinajstić information content (AvgIpc) is 2.33. The number of nitrogen functional groups attached to an aromatic ring is 1. The molecule has 8 heteroatoms. The summed E-state index contributed by atoms with van der Waals surface area (Å²) in [4.78, 5) is 15.3. The summed E-state index contributed by atoms with van der Waals surface area (Å²) in [6, 6.07) is 0. The molecule has 0 radical (unpaired) electrons. The third-order valence-corrected chi connectivity index (χ3v) is 2.48. The molecule has 16 heavy (non-hydrogen) atoms. The molecule has 0 saturated carbocycles. The number of hydrogen-bond donors (Lipinski definition) is 2. The summed E-state index contributed by atoms with van der Waals surface area (Å²) in [7, 11) is 0. The van der Waals surface area contributed by atoms with E-state index in [1.807, 2.05) is 0 Å². The molecule has 0 amide bonds. The lowest BCUT2D eigenvalue weighted by Gasteiger charge is -2.02. The highest BCUT2D eigenvalue weighted by Gasteiger charge is 2.09. The van der Waals surface area contributed by atoms with Crippen molar-refractivity contribution >= 4 is 17.7 Å². The molecule has 0 bridgehead atoms. The van der Waals surface area contributed by atoms with E-state index in [1.165, 1.54) is 18.6 Å². The quantitative estimate of drug-likeness (QED) is 0.465. The first kappa shape index (κ1) is 10.7. The topological polar surface area (TPSA) is 89.6 Å². The van der Waals surface area contributed by atoms with Gasteiger partial charge >= 0.3 is 0 Å². The predicted octanol–water partition coefficient (Wildman–Crippen LogP) is 0.842. The minimum Gasteiger partial charge on any atom is -0.292 e. The number of hydrogen-bond acceptors (Lipinski definition) is 7. The average molecular weight is 238 g/mol. The van der Waals surface area contributed by atoms with Gasteiger partial charge in [0.25, 0.3) is 0 Å². The highest BCUT2D eigenvalue weighted by Crippen LogP contribution is 2.25. The Kier molecular flexibility index (Phi) is 3.22. The smallest absolute Gasteiger partial charge is 0.238 e. The molecular weight excluding hydrogens is 231 g/mol. The van der Waals surface area contributed by atoms with E-state index in [1.54, 1.807) is 0 Å². The number of hydrazine groups is 1. The minimum absolute atomic E-state index is 0.142. The lowest BCUT2D eigenvalue weighted by molar-refractivity contribution is 0.579. The summed E-state index contributed by atoms with van der Waals surface area (Å²) in [5.74, 6) is 4.74. The zero-order valence-corrected chi connectivity index (χ0v) is 8.78. The first-order valence-electron chi connectivity index (χ1n) is 4.22. The Bertz CT molecular complexity index is 479. The Morgan fingerprint density at radius 1 is 1.25 bits per heavy atom. The Labute approximate surface area is 94.5 Å². The van der Waals surface area contributed by atoms with Gasteiger partial charge in [0.15, 0.2) is 5.82 Å². The van der Waals surface area contributed by atoms with Crippen molar-refractivity contribution in [3.8, 4) is 0 Å². The van der Waals surface area contributed by atoms with Gasteiger partial charge in [-0.1, -0.05) is 0 Å². The van der Waals surface area contributed by atoms with Gasteiger partial charge in [0.05, 0.1) is 12.4 Å². The predicted molar refractivity (Wildman–Crippen MR) is 56.0 cm³/mol. The van der Waals surface area contributed by atoms with Crippen LogP contribution in [-0.4, -0.2) is 19.9 Å². The Morgan fingerprint density at radius 2 is 2.12 bits per heavy atom. The van der Waals surface area contributed by atoms with Crippen LogP contribution in [0.15, 0.2) is 34.8 Å². The maximum Gasteiger partial charge on any atom is 0.238 e. The van der Waals surface area contributed by atoms with E-state index in [0.29, 0.717) is 5.03 Å². The summed E-state index contributed by atoms with van der Waals surface area (Å²) in [6.45, 7) is 0. The van der Waals surface area contributed by atoms with E-state index >= 15 is 0 Å². The van der Waals surface area contributed by atoms with Gasteiger partial charge in [0.1, 0.15) is 10.1 Å². The summed E-state index contributed by atoms with van der Waals surface area (Å²) in [5, 5.41) is 0.687. The normalized spacial score (nSPS) is 10.1. The number of aromatic nitrogens is 4. The minimum atomic E-state index is -0.533. The van der Waals surface area contributed by atoms with Gasteiger partial charge in [0.2, 0.25) is 5.95 Å². The second kappa shape index (κ2) is 4.81. The molecule has 82 valence electrons. The Morgan fingerprint density at radius 3 is 2.81 bits per heavy atom. The molecule has 3 N–H and O–H groups in total. The summed E-state index contributed by atoms with van der Waals surface area (Å²) in [5.41, 5.74) is 2.24. The highest BCUT2D eigenvalue weighted by atomic mass is 32.2. The van der Waals surface area contributed by atoms with E-state index in [-0.39, 0.29) is 11.0 Å². The van der Waals surface area contributed by atoms with Crippen molar-refractivity contribution in [1.29, 1.82) is 0 Å². The molecule has 0 unspecified atom stereocenters. The van der Waals surface area contributed by atoms with Crippen molar-refractivity contribution in [2.24, 2.45) is 5.84 Å². The van der Waals surface area contributed by atoms with Gasteiger partial charge < -0.3 is 0 Å². The van der Waals surface area contributed by atoms with Crippen LogP contribution in [0.5, 0.6) is 0 Å². The van der Waals surface area contributed by atoms with E-state index in [9.17, 15) is 4.39 Å². The zero-order valence-electron chi connectivity index (χ0n) is 7.96. The van der Waals surface area contributed by atoms with Crippen LogP contribution < -0.4 is 11.3 Å². The van der Waals surface area contributed by atoms with E-state index < -0.39 is 5.82 Å². The van der Waals surface area contributed by atoms with E-state index in [2.05, 4.69) is 25.4 Å². The highest BCUT2D eigenvalue weighted by molar-refractivity contribution is 7.99. The largest absolute Gasteiger partial charge is 0.292 e. The van der Waals surface area contributed by atoms with Gasteiger partial charge in [-0.25, -0.2) is 25.2 Å². The first-order chi connectivity index (χ1) is 7.79. The number of nitrogens with zero attached hydrogens (tertiary/aromatic N) is 4. The molecule has 0 aliphatic carbocycles. The van der Waals surface area contributed by atoms with Crippen molar-refractivity contribution in [1.82, 2.24) is 19.9 Å². The van der Waals surface area contributed by atoms with Gasteiger partial charge in [-0.05, 0) is 11.8 Å². The summed E-state index contributed by atoms with van der Waals surface area (Å²) < 4.78 is 13.3. The van der Waals surface area contributed by atoms with Crippen LogP contribution in [-0.2, 0) is 0 Å². The molecule has 2 aromatic rings. The fraction of sp³-hybridized carbons (Fsp3) is 0. The fourth-order valence-electron chi connectivity index (χ4n) is 0.930. The zero-order chi connectivity index (χ0) is 11.4. The third-order valence-electron chi connectivity index (χ3n) is 1.58. The first-order valence-corrected chi connectivity index (χ1v) is 5.04. The van der Waals surface area contributed by atoms with Crippen LogP contribution in [0, 0.1) is 5.82 Å². The molecule has 0 aromatic carbocycles. The fourth-order valence-corrected chi connectivity index (χ4v) is 1.64. The number of nitrogens with two attached hydrogens (primary N) is 1. The van der Waals surface area contributed by atoms with Crippen molar-refractivity contribution in [3.05, 3.63) is 30.6 Å². The number of rotatable bonds is 3. The van der Waals surface area contributed by atoms with Crippen LogP contribution in [0.2, 0.25) is 0 Å². The maximum atomic E-state index is 13.3. The van der Waals surface area contributed by atoms with Gasteiger partial charge in [0, 0.05) is 12.4 Å². The van der Waals surface area contributed by atoms with Crippen molar-refractivity contribution in [2.45, 2.75) is 10.1 Å². The van der Waals surface area contributed by atoms with Crippen LogP contribution in [0.1, 0.15) is 0 Å². The van der Waals surface area contributed by atoms with Crippen molar-refractivity contribution in [3.63, 3.8) is 0 Å². The molecule has 0 aliphatic heterocycles. The summed E-state index contributed by atoms with van der Waals surface area (Å²) >= 11 is 1.05. The standard InChI is InChI=1S/C8H7FN6S/c9-5-3-13-8(15-10)14-7(5)16-6-4-11-1-2-12-6/h1-4H,10H2,(H,13,14,15). The second-order valence-corrected chi connectivity index (χ2v) is 3.65.